The van der Waals surface area contributed by atoms with E-state index in [0.717, 1.165) is 18.5 Å². The number of aryl methyl sites for hydroxylation is 1. The van der Waals surface area contributed by atoms with Crippen molar-refractivity contribution in [3.8, 4) is 0 Å². The van der Waals surface area contributed by atoms with Crippen LogP contribution < -0.4 is 5.32 Å². The van der Waals surface area contributed by atoms with Crippen LogP contribution in [0.3, 0.4) is 0 Å². The molecule has 2 nitrogen and oxygen atoms in total. The van der Waals surface area contributed by atoms with E-state index >= 15 is 0 Å². The first kappa shape index (κ1) is 11.6. The second kappa shape index (κ2) is 4.56. The monoisotopic (exact) mass is 219 g/mol. The van der Waals surface area contributed by atoms with Gasteiger partial charge in [0.25, 0.3) is 0 Å². The highest BCUT2D eigenvalue weighted by atomic mass is 16.3. The van der Waals surface area contributed by atoms with Gasteiger partial charge in [0, 0.05) is 6.04 Å². The van der Waals surface area contributed by atoms with Crippen molar-refractivity contribution in [3.05, 3.63) is 35.4 Å². The molecule has 0 aliphatic carbocycles. The molecule has 2 rings (SSSR count). The Morgan fingerprint density at radius 3 is 2.81 bits per heavy atom. The summed E-state index contributed by atoms with van der Waals surface area (Å²) in [6.07, 6.45) is 3.22. The Morgan fingerprint density at radius 2 is 2.19 bits per heavy atom. The molecule has 88 valence electrons. The van der Waals surface area contributed by atoms with Gasteiger partial charge in [-0.3, -0.25) is 0 Å². The number of benzene rings is 1. The maximum atomic E-state index is 10.6. The Hall–Kier alpha value is -0.860. The molecule has 1 aromatic rings. The molecule has 2 heteroatoms. The van der Waals surface area contributed by atoms with Crippen LogP contribution in [0, 0.1) is 6.92 Å². The van der Waals surface area contributed by atoms with E-state index in [4.69, 9.17) is 0 Å². The normalized spacial score (nSPS) is 24.3. The van der Waals surface area contributed by atoms with Crippen LogP contribution in [-0.2, 0) is 5.60 Å². The number of rotatable bonds is 3. The maximum Gasteiger partial charge on any atom is 0.0885 e. The van der Waals surface area contributed by atoms with Crippen molar-refractivity contribution in [3.63, 3.8) is 0 Å². The lowest BCUT2D eigenvalue weighted by molar-refractivity contribution is 0.0379. The Morgan fingerprint density at radius 1 is 1.44 bits per heavy atom. The van der Waals surface area contributed by atoms with Crippen LogP contribution in [0.5, 0.6) is 0 Å². The van der Waals surface area contributed by atoms with Crippen molar-refractivity contribution < 1.29 is 5.11 Å². The Labute approximate surface area is 97.7 Å². The lowest BCUT2D eigenvalue weighted by Gasteiger charge is -2.28. The Bertz CT molecular complexity index is 354. The summed E-state index contributed by atoms with van der Waals surface area (Å²) < 4.78 is 0. The van der Waals surface area contributed by atoms with Crippen molar-refractivity contribution in [1.29, 1.82) is 0 Å². The second-order valence-electron chi connectivity index (χ2n) is 5.09. The van der Waals surface area contributed by atoms with Gasteiger partial charge in [0.1, 0.15) is 0 Å². The molecule has 0 spiro atoms. The van der Waals surface area contributed by atoms with Gasteiger partial charge < -0.3 is 10.4 Å². The molecule has 1 saturated heterocycles. The van der Waals surface area contributed by atoms with Crippen LogP contribution >= 0.6 is 0 Å². The largest absolute Gasteiger partial charge is 0.385 e. The van der Waals surface area contributed by atoms with E-state index in [2.05, 4.69) is 18.3 Å². The number of aliphatic hydroxyl groups is 1. The van der Waals surface area contributed by atoms with Crippen LogP contribution in [0.1, 0.15) is 37.3 Å². The van der Waals surface area contributed by atoms with Gasteiger partial charge in [0.05, 0.1) is 5.60 Å². The molecule has 2 N–H and O–H groups in total. The number of nitrogens with one attached hydrogen (secondary N) is 1. The van der Waals surface area contributed by atoms with E-state index in [9.17, 15) is 5.11 Å². The standard InChI is InChI=1S/C14H21NO/c1-11-6-3-4-8-13(11)14(2,16)10-12-7-5-9-15-12/h3-4,6,8,12,15-16H,5,7,9-10H2,1-2H3. The summed E-state index contributed by atoms with van der Waals surface area (Å²) in [5.74, 6) is 0. The van der Waals surface area contributed by atoms with Crippen molar-refractivity contribution in [2.24, 2.45) is 0 Å². The first-order chi connectivity index (χ1) is 7.59. The molecular weight excluding hydrogens is 198 g/mol. The summed E-state index contributed by atoms with van der Waals surface area (Å²) in [5.41, 5.74) is 1.52. The third-order valence-electron chi connectivity index (χ3n) is 3.53. The van der Waals surface area contributed by atoms with Crippen molar-refractivity contribution in [2.75, 3.05) is 6.54 Å². The molecule has 2 atom stereocenters. The zero-order valence-electron chi connectivity index (χ0n) is 10.2. The van der Waals surface area contributed by atoms with E-state index in [1.807, 2.05) is 25.1 Å². The molecule has 2 unspecified atom stereocenters. The van der Waals surface area contributed by atoms with Crippen LogP contribution in [0.15, 0.2) is 24.3 Å². The van der Waals surface area contributed by atoms with Crippen LogP contribution in [-0.4, -0.2) is 17.7 Å². The fraction of sp³-hybridized carbons (Fsp3) is 0.571. The molecule has 0 aromatic heterocycles. The van der Waals surface area contributed by atoms with Gasteiger partial charge in [-0.25, -0.2) is 0 Å². The van der Waals surface area contributed by atoms with Crippen LogP contribution in [0.25, 0.3) is 0 Å². The van der Waals surface area contributed by atoms with Gasteiger partial charge in [-0.15, -0.1) is 0 Å². The van der Waals surface area contributed by atoms with E-state index in [1.165, 1.54) is 18.4 Å². The van der Waals surface area contributed by atoms with Gasteiger partial charge in [0.15, 0.2) is 0 Å². The third kappa shape index (κ3) is 2.45. The summed E-state index contributed by atoms with van der Waals surface area (Å²) >= 11 is 0. The van der Waals surface area contributed by atoms with E-state index in [0.29, 0.717) is 6.04 Å². The van der Waals surface area contributed by atoms with E-state index < -0.39 is 5.60 Å². The molecule has 0 saturated carbocycles. The lowest BCUT2D eigenvalue weighted by Crippen LogP contribution is -2.33. The van der Waals surface area contributed by atoms with Gasteiger partial charge in [-0.05, 0) is 50.8 Å². The van der Waals surface area contributed by atoms with Gasteiger partial charge in [-0.2, -0.15) is 0 Å². The molecule has 1 aliphatic heterocycles. The Kier molecular flexibility index (Phi) is 3.31. The average Bonchev–Trinajstić information content (AvgIpc) is 2.70. The maximum absolute atomic E-state index is 10.6. The molecular formula is C14H21NO. The summed E-state index contributed by atoms with van der Waals surface area (Å²) in [4.78, 5) is 0. The fourth-order valence-corrected chi connectivity index (χ4v) is 2.70. The molecule has 1 aliphatic rings. The minimum absolute atomic E-state index is 0.467. The van der Waals surface area contributed by atoms with Crippen molar-refractivity contribution in [2.45, 2.75) is 44.8 Å². The van der Waals surface area contributed by atoms with E-state index in [-0.39, 0.29) is 0 Å². The van der Waals surface area contributed by atoms with Crippen molar-refractivity contribution in [1.82, 2.24) is 5.32 Å². The molecule has 16 heavy (non-hydrogen) atoms. The number of hydrogen-bond donors (Lipinski definition) is 2. The van der Waals surface area contributed by atoms with E-state index in [1.54, 1.807) is 0 Å². The van der Waals surface area contributed by atoms with Crippen LogP contribution in [0.4, 0.5) is 0 Å². The van der Waals surface area contributed by atoms with Gasteiger partial charge in [0.2, 0.25) is 0 Å². The smallest absolute Gasteiger partial charge is 0.0885 e. The van der Waals surface area contributed by atoms with Gasteiger partial charge in [-0.1, -0.05) is 24.3 Å². The fourth-order valence-electron chi connectivity index (χ4n) is 2.70. The van der Waals surface area contributed by atoms with Crippen molar-refractivity contribution >= 4 is 0 Å². The quantitative estimate of drug-likeness (QED) is 0.818. The highest BCUT2D eigenvalue weighted by Crippen LogP contribution is 2.30. The highest BCUT2D eigenvalue weighted by Gasteiger charge is 2.29. The molecule has 1 aromatic carbocycles. The minimum atomic E-state index is -0.715. The molecule has 1 fully saturated rings. The predicted octanol–water partition coefficient (Wildman–Crippen LogP) is 2.34. The minimum Gasteiger partial charge on any atom is -0.385 e. The number of hydrogen-bond acceptors (Lipinski definition) is 2. The van der Waals surface area contributed by atoms with Crippen LogP contribution in [0.2, 0.25) is 0 Å². The molecule has 0 bridgehead atoms. The lowest BCUT2D eigenvalue weighted by atomic mass is 9.86. The first-order valence-electron chi connectivity index (χ1n) is 6.11. The molecule has 0 radical (unpaired) electrons. The summed E-state index contributed by atoms with van der Waals surface area (Å²) in [5, 5.41) is 14.0. The SMILES string of the molecule is Cc1ccccc1C(C)(O)CC1CCCN1. The third-order valence-corrected chi connectivity index (χ3v) is 3.53. The summed E-state index contributed by atoms with van der Waals surface area (Å²) in [6, 6.07) is 8.58. The second-order valence-corrected chi connectivity index (χ2v) is 5.09. The summed E-state index contributed by atoms with van der Waals surface area (Å²) in [7, 11) is 0. The highest BCUT2D eigenvalue weighted by molar-refractivity contribution is 5.30. The molecule has 0 amide bonds. The molecule has 1 heterocycles. The Balaban J connectivity index is 2.14. The van der Waals surface area contributed by atoms with Gasteiger partial charge >= 0.3 is 0 Å². The average molecular weight is 219 g/mol. The predicted molar refractivity (Wildman–Crippen MR) is 66.4 cm³/mol. The topological polar surface area (TPSA) is 32.3 Å². The zero-order chi connectivity index (χ0) is 11.6. The first-order valence-corrected chi connectivity index (χ1v) is 6.11. The zero-order valence-corrected chi connectivity index (χ0v) is 10.2. The summed E-state index contributed by atoms with van der Waals surface area (Å²) in [6.45, 7) is 5.08.